The van der Waals surface area contributed by atoms with Gasteiger partial charge < -0.3 is 4.90 Å². The Balaban J connectivity index is 1.49. The predicted molar refractivity (Wildman–Crippen MR) is 94.9 cm³/mol. The number of anilines is 1. The minimum absolute atomic E-state index is 0.178. The quantitative estimate of drug-likeness (QED) is 0.733. The molecule has 1 aliphatic heterocycles. The highest BCUT2D eigenvalue weighted by Gasteiger charge is 2.24. The molecule has 1 saturated heterocycles. The number of hydrogen-bond acceptors (Lipinski definition) is 5. The van der Waals surface area contributed by atoms with Crippen LogP contribution in [-0.2, 0) is 7.05 Å². The van der Waals surface area contributed by atoms with E-state index in [4.69, 9.17) is 0 Å². The van der Waals surface area contributed by atoms with Gasteiger partial charge in [0.2, 0.25) is 0 Å². The lowest BCUT2D eigenvalue weighted by Crippen LogP contribution is -2.47. The summed E-state index contributed by atoms with van der Waals surface area (Å²) in [6, 6.07) is 7.08. The standard InChI is InChI=1S/C18H21FN6/c1-13(14-4-3-5-15(19)10-14)24-6-8-25(9-7-24)18-16-11-22-23(2)17(16)20-12-21-18/h3-5,10-13H,6-9H2,1-2H3. The summed E-state index contributed by atoms with van der Waals surface area (Å²) in [7, 11) is 1.89. The van der Waals surface area contributed by atoms with Gasteiger partial charge in [-0.15, -0.1) is 0 Å². The highest BCUT2D eigenvalue weighted by molar-refractivity contribution is 5.86. The van der Waals surface area contributed by atoms with E-state index in [1.54, 1.807) is 23.1 Å². The van der Waals surface area contributed by atoms with E-state index in [9.17, 15) is 4.39 Å². The summed E-state index contributed by atoms with van der Waals surface area (Å²) in [5.41, 5.74) is 1.87. The molecule has 0 aliphatic carbocycles. The van der Waals surface area contributed by atoms with Crippen LogP contribution in [0.5, 0.6) is 0 Å². The zero-order chi connectivity index (χ0) is 17.4. The van der Waals surface area contributed by atoms with E-state index in [1.807, 2.05) is 19.3 Å². The Morgan fingerprint density at radius 2 is 1.92 bits per heavy atom. The smallest absolute Gasteiger partial charge is 0.163 e. The van der Waals surface area contributed by atoms with Gasteiger partial charge in [-0.1, -0.05) is 12.1 Å². The highest BCUT2D eigenvalue weighted by Crippen LogP contribution is 2.26. The molecule has 3 heterocycles. The molecule has 0 amide bonds. The van der Waals surface area contributed by atoms with Crippen molar-refractivity contribution in [2.45, 2.75) is 13.0 Å². The van der Waals surface area contributed by atoms with Crippen molar-refractivity contribution in [2.75, 3.05) is 31.1 Å². The summed E-state index contributed by atoms with van der Waals surface area (Å²) >= 11 is 0. The van der Waals surface area contributed by atoms with E-state index in [0.29, 0.717) is 0 Å². The first-order valence-corrected chi connectivity index (χ1v) is 8.50. The first kappa shape index (κ1) is 16.0. The third-order valence-electron chi connectivity index (χ3n) is 5.00. The number of benzene rings is 1. The molecule has 6 nitrogen and oxygen atoms in total. The molecule has 1 aromatic carbocycles. The molecule has 0 spiro atoms. The Kier molecular flexibility index (Phi) is 4.09. The second kappa shape index (κ2) is 6.40. The van der Waals surface area contributed by atoms with Crippen LogP contribution >= 0.6 is 0 Å². The Morgan fingerprint density at radius 1 is 1.12 bits per heavy atom. The van der Waals surface area contributed by atoms with Crippen molar-refractivity contribution in [3.05, 3.63) is 48.2 Å². The molecule has 1 fully saturated rings. The van der Waals surface area contributed by atoms with Crippen LogP contribution in [0.15, 0.2) is 36.8 Å². The SMILES string of the molecule is CC(c1cccc(F)c1)N1CCN(c2ncnc3c2cnn3C)CC1. The number of aromatic nitrogens is 4. The van der Waals surface area contributed by atoms with Crippen molar-refractivity contribution in [3.63, 3.8) is 0 Å². The first-order chi connectivity index (χ1) is 12.1. The van der Waals surface area contributed by atoms with Crippen molar-refractivity contribution in [1.82, 2.24) is 24.6 Å². The topological polar surface area (TPSA) is 50.1 Å². The maximum Gasteiger partial charge on any atom is 0.163 e. The van der Waals surface area contributed by atoms with Gasteiger partial charge in [0.15, 0.2) is 5.65 Å². The maximum atomic E-state index is 13.5. The Morgan fingerprint density at radius 3 is 2.68 bits per heavy atom. The molecule has 0 saturated carbocycles. The second-order valence-corrected chi connectivity index (χ2v) is 6.46. The molecule has 7 heteroatoms. The number of nitrogens with zero attached hydrogens (tertiary/aromatic N) is 6. The van der Waals surface area contributed by atoms with Gasteiger partial charge in [0.1, 0.15) is 18.0 Å². The van der Waals surface area contributed by atoms with E-state index in [1.165, 1.54) is 6.07 Å². The fraction of sp³-hybridized carbons (Fsp3) is 0.389. The van der Waals surface area contributed by atoms with Crippen LogP contribution in [0, 0.1) is 5.82 Å². The molecule has 4 rings (SSSR count). The molecule has 25 heavy (non-hydrogen) atoms. The van der Waals surface area contributed by atoms with Crippen LogP contribution in [0.2, 0.25) is 0 Å². The van der Waals surface area contributed by atoms with Crippen molar-refractivity contribution in [2.24, 2.45) is 7.05 Å². The summed E-state index contributed by atoms with van der Waals surface area (Å²) in [5.74, 6) is 0.763. The molecule has 3 aromatic rings. The van der Waals surface area contributed by atoms with Gasteiger partial charge in [0.05, 0.1) is 11.6 Å². The van der Waals surface area contributed by atoms with Crippen LogP contribution < -0.4 is 4.90 Å². The average molecular weight is 340 g/mol. The van der Waals surface area contributed by atoms with Gasteiger partial charge >= 0.3 is 0 Å². The van der Waals surface area contributed by atoms with Crippen molar-refractivity contribution in [3.8, 4) is 0 Å². The molecule has 1 atom stereocenters. The lowest BCUT2D eigenvalue weighted by Gasteiger charge is -2.38. The van der Waals surface area contributed by atoms with Gasteiger partial charge in [-0.2, -0.15) is 5.10 Å². The number of rotatable bonds is 3. The Bertz CT molecular complexity index is 884. The van der Waals surface area contributed by atoms with Crippen LogP contribution in [-0.4, -0.2) is 50.8 Å². The summed E-state index contributed by atoms with van der Waals surface area (Å²) in [4.78, 5) is 13.4. The summed E-state index contributed by atoms with van der Waals surface area (Å²) in [5, 5.41) is 5.27. The summed E-state index contributed by atoms with van der Waals surface area (Å²) < 4.78 is 15.2. The van der Waals surface area contributed by atoms with Crippen molar-refractivity contribution >= 4 is 16.9 Å². The third-order valence-corrected chi connectivity index (χ3v) is 5.00. The molecule has 2 aromatic heterocycles. The van der Waals surface area contributed by atoms with Gasteiger partial charge in [-0.25, -0.2) is 14.4 Å². The van der Waals surface area contributed by atoms with Crippen LogP contribution in [0.25, 0.3) is 11.0 Å². The van der Waals surface area contributed by atoms with Crippen LogP contribution in [0.1, 0.15) is 18.5 Å². The monoisotopic (exact) mass is 340 g/mol. The van der Waals surface area contributed by atoms with Gasteiger partial charge in [-0.3, -0.25) is 9.58 Å². The van der Waals surface area contributed by atoms with Crippen molar-refractivity contribution in [1.29, 1.82) is 0 Å². The minimum Gasteiger partial charge on any atom is -0.353 e. The predicted octanol–water partition coefficient (Wildman–Crippen LogP) is 2.39. The molecule has 1 unspecified atom stereocenters. The average Bonchev–Trinajstić information content (AvgIpc) is 3.03. The largest absolute Gasteiger partial charge is 0.353 e. The maximum absolute atomic E-state index is 13.5. The van der Waals surface area contributed by atoms with Crippen LogP contribution in [0.4, 0.5) is 10.2 Å². The van der Waals surface area contributed by atoms with E-state index >= 15 is 0 Å². The Labute approximate surface area is 145 Å². The zero-order valence-corrected chi connectivity index (χ0v) is 14.4. The van der Waals surface area contributed by atoms with E-state index in [0.717, 1.165) is 48.6 Å². The lowest BCUT2D eigenvalue weighted by atomic mass is 10.1. The molecular formula is C18H21FN6. The molecule has 0 N–H and O–H groups in total. The normalized spacial score (nSPS) is 17.2. The first-order valence-electron chi connectivity index (χ1n) is 8.50. The van der Waals surface area contributed by atoms with Crippen molar-refractivity contribution < 1.29 is 4.39 Å². The van der Waals surface area contributed by atoms with E-state index in [2.05, 4.69) is 31.8 Å². The third kappa shape index (κ3) is 2.95. The highest BCUT2D eigenvalue weighted by atomic mass is 19.1. The number of fused-ring (bicyclic) bond motifs is 1. The number of halogens is 1. The minimum atomic E-state index is -0.178. The fourth-order valence-corrected chi connectivity index (χ4v) is 3.50. The van der Waals surface area contributed by atoms with Gasteiger partial charge in [-0.05, 0) is 24.6 Å². The molecule has 0 bridgehead atoms. The summed E-state index contributed by atoms with van der Waals surface area (Å²) in [6.45, 7) is 5.70. The second-order valence-electron chi connectivity index (χ2n) is 6.46. The summed E-state index contributed by atoms with van der Waals surface area (Å²) in [6.07, 6.45) is 3.42. The van der Waals surface area contributed by atoms with Gasteiger partial charge in [0, 0.05) is 39.3 Å². The Hall–Kier alpha value is -2.54. The molecule has 130 valence electrons. The lowest BCUT2D eigenvalue weighted by molar-refractivity contribution is 0.198. The van der Waals surface area contributed by atoms with E-state index in [-0.39, 0.29) is 11.9 Å². The van der Waals surface area contributed by atoms with Crippen LogP contribution in [0.3, 0.4) is 0 Å². The number of piperazine rings is 1. The number of hydrogen-bond donors (Lipinski definition) is 0. The fourth-order valence-electron chi connectivity index (χ4n) is 3.50. The zero-order valence-electron chi connectivity index (χ0n) is 14.4. The molecule has 1 aliphatic rings. The molecular weight excluding hydrogens is 319 g/mol. The number of aryl methyl sites for hydroxylation is 1. The molecule has 0 radical (unpaired) electrons. The van der Waals surface area contributed by atoms with Gasteiger partial charge in [0.25, 0.3) is 0 Å². The van der Waals surface area contributed by atoms with E-state index < -0.39 is 0 Å².